The molecule has 5 heteroatoms. The van der Waals surface area contributed by atoms with Gasteiger partial charge in [0.15, 0.2) is 6.61 Å². The largest absolute Gasteiger partial charge is 0.488 e. The number of ether oxygens (including phenoxy) is 2. The Balaban J connectivity index is 1.17. The summed E-state index contributed by atoms with van der Waals surface area (Å²) in [5, 5.41) is 3.25. The molecule has 6 rings (SSSR count). The Labute approximate surface area is 183 Å². The number of carbonyl (C=O) groups excluding carboxylic acids is 2. The van der Waals surface area contributed by atoms with Crippen LogP contribution >= 0.6 is 0 Å². The first-order chi connectivity index (χ1) is 15.1. The zero-order valence-corrected chi connectivity index (χ0v) is 17.7. The van der Waals surface area contributed by atoms with Gasteiger partial charge >= 0.3 is 5.97 Å². The highest BCUT2D eigenvalue weighted by molar-refractivity contribution is 5.94. The van der Waals surface area contributed by atoms with Crippen LogP contribution in [-0.4, -0.2) is 24.0 Å². The van der Waals surface area contributed by atoms with Crippen LogP contribution in [0.2, 0.25) is 0 Å². The minimum Gasteiger partial charge on any atom is -0.488 e. The van der Waals surface area contributed by atoms with Crippen molar-refractivity contribution in [3.8, 4) is 5.75 Å². The SMILES string of the molecule is O=C(COC(=O)c1ccccc1OCc1ccccc1)NC12CC3CC(CC(C3)C1)C2. The first kappa shape index (κ1) is 20.1. The van der Waals surface area contributed by atoms with E-state index in [9.17, 15) is 9.59 Å². The molecule has 4 fully saturated rings. The highest BCUT2D eigenvalue weighted by atomic mass is 16.5. The fourth-order valence-corrected chi connectivity index (χ4v) is 6.30. The van der Waals surface area contributed by atoms with Gasteiger partial charge in [-0.05, 0) is 74.0 Å². The van der Waals surface area contributed by atoms with E-state index in [1.54, 1.807) is 18.2 Å². The van der Waals surface area contributed by atoms with Crippen LogP contribution in [0.1, 0.15) is 54.4 Å². The molecular formula is C26H29NO4. The first-order valence-corrected chi connectivity index (χ1v) is 11.3. The van der Waals surface area contributed by atoms with Crippen molar-refractivity contribution in [3.63, 3.8) is 0 Å². The lowest BCUT2D eigenvalue weighted by Crippen LogP contribution is -2.60. The van der Waals surface area contributed by atoms with Crippen LogP contribution < -0.4 is 10.1 Å². The predicted octanol–water partition coefficient (Wildman–Crippen LogP) is 4.51. The van der Waals surface area contributed by atoms with E-state index in [-0.39, 0.29) is 18.1 Å². The molecule has 4 saturated carbocycles. The Morgan fingerprint density at radius 2 is 1.48 bits per heavy atom. The summed E-state index contributed by atoms with van der Waals surface area (Å²) < 4.78 is 11.2. The van der Waals surface area contributed by atoms with Gasteiger partial charge in [-0.15, -0.1) is 0 Å². The standard InChI is InChI=1S/C26H29NO4/c28-24(27-26-13-19-10-20(14-26)12-21(11-19)15-26)17-31-25(29)22-8-4-5-9-23(22)30-16-18-6-2-1-3-7-18/h1-9,19-21H,10-17H2,(H,27,28). The molecule has 1 N–H and O–H groups in total. The molecule has 1 amide bonds. The molecule has 4 bridgehead atoms. The second kappa shape index (κ2) is 8.37. The number of carbonyl (C=O) groups is 2. The van der Waals surface area contributed by atoms with Crippen LogP contribution in [0.5, 0.6) is 5.75 Å². The molecular weight excluding hydrogens is 390 g/mol. The summed E-state index contributed by atoms with van der Waals surface area (Å²) in [6.45, 7) is 0.102. The number of para-hydroxylation sites is 1. The summed E-state index contributed by atoms with van der Waals surface area (Å²) in [7, 11) is 0. The average Bonchev–Trinajstić information content (AvgIpc) is 2.76. The molecule has 0 unspecified atom stereocenters. The monoisotopic (exact) mass is 419 g/mol. The van der Waals surface area contributed by atoms with E-state index in [0.29, 0.717) is 17.9 Å². The third kappa shape index (κ3) is 4.46. The van der Waals surface area contributed by atoms with E-state index < -0.39 is 5.97 Å². The fraction of sp³-hybridized carbons (Fsp3) is 0.462. The molecule has 162 valence electrons. The molecule has 0 spiro atoms. The van der Waals surface area contributed by atoms with Crippen molar-refractivity contribution in [3.05, 3.63) is 65.7 Å². The Bertz CT molecular complexity index is 920. The Morgan fingerprint density at radius 1 is 0.871 bits per heavy atom. The first-order valence-electron chi connectivity index (χ1n) is 11.3. The summed E-state index contributed by atoms with van der Waals surface area (Å²) in [6, 6.07) is 16.8. The highest BCUT2D eigenvalue weighted by Gasteiger charge is 2.51. The molecule has 31 heavy (non-hydrogen) atoms. The molecule has 0 aromatic heterocycles. The lowest BCUT2D eigenvalue weighted by Gasteiger charge is -2.56. The van der Waals surface area contributed by atoms with Crippen molar-refractivity contribution in [1.29, 1.82) is 0 Å². The Morgan fingerprint density at radius 3 is 2.16 bits per heavy atom. The maximum atomic E-state index is 12.7. The van der Waals surface area contributed by atoms with Crippen LogP contribution in [0, 0.1) is 17.8 Å². The molecule has 0 saturated heterocycles. The maximum Gasteiger partial charge on any atom is 0.342 e. The highest BCUT2D eigenvalue weighted by Crippen LogP contribution is 2.55. The van der Waals surface area contributed by atoms with Gasteiger partial charge in [-0.2, -0.15) is 0 Å². The number of nitrogens with one attached hydrogen (secondary N) is 1. The molecule has 0 atom stereocenters. The van der Waals surface area contributed by atoms with Gasteiger partial charge in [-0.25, -0.2) is 4.79 Å². The molecule has 5 nitrogen and oxygen atoms in total. The van der Waals surface area contributed by atoms with Gasteiger partial charge in [0, 0.05) is 5.54 Å². The van der Waals surface area contributed by atoms with Gasteiger partial charge in [0.1, 0.15) is 17.9 Å². The number of rotatable bonds is 7. The van der Waals surface area contributed by atoms with Gasteiger partial charge in [-0.3, -0.25) is 4.79 Å². The normalized spacial score (nSPS) is 28.2. The van der Waals surface area contributed by atoms with Crippen molar-refractivity contribution >= 4 is 11.9 Å². The van der Waals surface area contributed by atoms with Gasteiger partial charge in [0.25, 0.3) is 5.91 Å². The Hall–Kier alpha value is -2.82. The van der Waals surface area contributed by atoms with Crippen molar-refractivity contribution in [2.75, 3.05) is 6.61 Å². The second-order valence-electron chi connectivity index (χ2n) is 9.59. The van der Waals surface area contributed by atoms with Gasteiger partial charge in [0.05, 0.1) is 0 Å². The zero-order valence-electron chi connectivity index (χ0n) is 17.7. The molecule has 0 radical (unpaired) electrons. The lowest BCUT2D eigenvalue weighted by molar-refractivity contribution is -0.130. The minimum absolute atomic E-state index is 0.0745. The van der Waals surface area contributed by atoms with E-state index in [4.69, 9.17) is 9.47 Å². The van der Waals surface area contributed by atoms with Gasteiger partial charge < -0.3 is 14.8 Å². The third-order valence-electron chi connectivity index (χ3n) is 7.12. The van der Waals surface area contributed by atoms with Gasteiger partial charge in [-0.1, -0.05) is 42.5 Å². The van der Waals surface area contributed by atoms with Crippen molar-refractivity contribution in [1.82, 2.24) is 5.32 Å². The van der Waals surface area contributed by atoms with E-state index in [1.165, 1.54) is 19.3 Å². The number of amides is 1. The van der Waals surface area contributed by atoms with Crippen molar-refractivity contribution in [2.45, 2.75) is 50.7 Å². The van der Waals surface area contributed by atoms with E-state index in [2.05, 4.69) is 5.32 Å². The van der Waals surface area contributed by atoms with Crippen LogP contribution in [0.25, 0.3) is 0 Å². The number of hydrogen-bond acceptors (Lipinski definition) is 4. The fourth-order valence-electron chi connectivity index (χ4n) is 6.30. The zero-order chi connectivity index (χ0) is 21.3. The van der Waals surface area contributed by atoms with Crippen LogP contribution in [0.15, 0.2) is 54.6 Å². The maximum absolute atomic E-state index is 12.7. The van der Waals surface area contributed by atoms with Crippen LogP contribution in [-0.2, 0) is 16.1 Å². The quantitative estimate of drug-likeness (QED) is 0.671. The number of esters is 1. The second-order valence-corrected chi connectivity index (χ2v) is 9.59. The van der Waals surface area contributed by atoms with Crippen LogP contribution in [0.4, 0.5) is 0 Å². The molecule has 0 heterocycles. The molecule has 2 aromatic rings. The van der Waals surface area contributed by atoms with E-state index in [1.807, 2.05) is 36.4 Å². The van der Waals surface area contributed by atoms with Crippen molar-refractivity contribution < 1.29 is 19.1 Å². The number of hydrogen-bond donors (Lipinski definition) is 1. The molecule has 4 aliphatic rings. The molecule has 2 aromatic carbocycles. The summed E-state index contributed by atoms with van der Waals surface area (Å²) in [4.78, 5) is 25.3. The number of benzene rings is 2. The van der Waals surface area contributed by atoms with E-state index >= 15 is 0 Å². The summed E-state index contributed by atoms with van der Waals surface area (Å²) in [5.41, 5.74) is 1.27. The van der Waals surface area contributed by atoms with Gasteiger partial charge in [0.2, 0.25) is 0 Å². The summed E-state index contributed by atoms with van der Waals surface area (Å²) in [5.74, 6) is 1.98. The van der Waals surface area contributed by atoms with Crippen LogP contribution in [0.3, 0.4) is 0 Å². The topological polar surface area (TPSA) is 64.6 Å². The predicted molar refractivity (Wildman–Crippen MR) is 117 cm³/mol. The third-order valence-corrected chi connectivity index (χ3v) is 7.12. The molecule has 4 aliphatic carbocycles. The average molecular weight is 420 g/mol. The van der Waals surface area contributed by atoms with Crippen molar-refractivity contribution in [2.24, 2.45) is 17.8 Å². The van der Waals surface area contributed by atoms with E-state index in [0.717, 1.165) is 42.6 Å². The summed E-state index contributed by atoms with van der Waals surface area (Å²) >= 11 is 0. The molecule has 0 aliphatic heterocycles. The smallest absolute Gasteiger partial charge is 0.342 e. The summed E-state index contributed by atoms with van der Waals surface area (Å²) in [6.07, 6.45) is 7.20. The minimum atomic E-state index is -0.538. The Kier molecular flexibility index (Phi) is 5.43. The lowest BCUT2D eigenvalue weighted by atomic mass is 9.53.